The molecule has 0 spiro atoms. The molecule has 5 heteroatoms. The first-order chi connectivity index (χ1) is 10.1. The van der Waals surface area contributed by atoms with E-state index in [1.807, 2.05) is 0 Å². The van der Waals surface area contributed by atoms with E-state index in [4.69, 9.17) is 14.6 Å². The van der Waals surface area contributed by atoms with Gasteiger partial charge in [-0.25, -0.2) is 0 Å². The molecular weight excluding hydrogens is 272 g/mol. The van der Waals surface area contributed by atoms with E-state index >= 15 is 0 Å². The molecule has 2 rings (SSSR count). The Hall–Kier alpha value is -1.10. The minimum absolute atomic E-state index is 0.323. The molecule has 120 valence electrons. The van der Waals surface area contributed by atoms with Crippen molar-refractivity contribution in [2.75, 3.05) is 6.61 Å². The molecule has 0 aromatic carbocycles. The van der Waals surface area contributed by atoms with Crippen LogP contribution in [-0.2, 0) is 19.1 Å². The van der Waals surface area contributed by atoms with Gasteiger partial charge in [0.25, 0.3) is 0 Å². The van der Waals surface area contributed by atoms with Gasteiger partial charge in [0.15, 0.2) is 0 Å². The van der Waals surface area contributed by atoms with E-state index < -0.39 is 17.8 Å². The summed E-state index contributed by atoms with van der Waals surface area (Å²) in [7, 11) is 0. The minimum Gasteiger partial charge on any atom is -0.481 e. The molecule has 0 amide bonds. The Kier molecular flexibility index (Phi) is 6.03. The first kappa shape index (κ1) is 16.3. The molecule has 1 N–H and O–H groups in total. The number of carboxylic acid groups (broad SMARTS) is 1. The van der Waals surface area contributed by atoms with Crippen molar-refractivity contribution >= 4 is 11.9 Å². The SMILES string of the molecule is CCC1OC1CCCCOC(=O)C1CCCCC1C(=O)O. The average molecular weight is 298 g/mol. The number of aliphatic carboxylic acids is 1. The summed E-state index contributed by atoms with van der Waals surface area (Å²) in [4.78, 5) is 23.2. The van der Waals surface area contributed by atoms with Gasteiger partial charge in [0.1, 0.15) is 0 Å². The van der Waals surface area contributed by atoms with Gasteiger partial charge >= 0.3 is 11.9 Å². The van der Waals surface area contributed by atoms with Crippen LogP contribution in [0.3, 0.4) is 0 Å². The van der Waals surface area contributed by atoms with E-state index in [2.05, 4.69) is 6.92 Å². The number of carbonyl (C=O) groups is 2. The summed E-state index contributed by atoms with van der Waals surface area (Å²) in [5.41, 5.74) is 0. The van der Waals surface area contributed by atoms with E-state index in [-0.39, 0.29) is 5.97 Å². The maximum Gasteiger partial charge on any atom is 0.309 e. The molecule has 1 heterocycles. The third-order valence-corrected chi connectivity index (χ3v) is 4.60. The van der Waals surface area contributed by atoms with Crippen LogP contribution in [0.5, 0.6) is 0 Å². The molecule has 1 aliphatic heterocycles. The standard InChI is InChI=1S/C16H26O5/c1-2-13-14(21-13)9-5-6-10-20-16(19)12-8-4-3-7-11(12)15(17)18/h11-14H,2-10H2,1H3,(H,17,18). The van der Waals surface area contributed by atoms with Crippen molar-refractivity contribution in [2.24, 2.45) is 11.8 Å². The van der Waals surface area contributed by atoms with Crippen molar-refractivity contribution in [3.8, 4) is 0 Å². The predicted octanol–water partition coefficient (Wildman–Crippen LogP) is 2.77. The number of carboxylic acids is 1. The Morgan fingerprint density at radius 2 is 1.86 bits per heavy atom. The molecule has 0 radical (unpaired) electrons. The van der Waals surface area contributed by atoms with Gasteiger partial charge < -0.3 is 14.6 Å². The fraction of sp³-hybridized carbons (Fsp3) is 0.875. The van der Waals surface area contributed by atoms with Gasteiger partial charge in [-0.3, -0.25) is 9.59 Å². The van der Waals surface area contributed by atoms with Gasteiger partial charge in [0.2, 0.25) is 0 Å². The summed E-state index contributed by atoms with van der Waals surface area (Å²) >= 11 is 0. The number of carbonyl (C=O) groups excluding carboxylic acids is 1. The van der Waals surface area contributed by atoms with E-state index in [9.17, 15) is 9.59 Å². The van der Waals surface area contributed by atoms with Gasteiger partial charge in [-0.2, -0.15) is 0 Å². The molecule has 0 aromatic rings. The lowest BCUT2D eigenvalue weighted by Gasteiger charge is -2.26. The third kappa shape index (κ3) is 4.70. The minimum atomic E-state index is -0.867. The Bertz CT molecular complexity index is 368. The van der Waals surface area contributed by atoms with Crippen LogP contribution in [0.25, 0.3) is 0 Å². The van der Waals surface area contributed by atoms with Crippen LogP contribution < -0.4 is 0 Å². The molecule has 4 atom stereocenters. The molecule has 1 saturated carbocycles. The molecule has 1 aliphatic carbocycles. The van der Waals surface area contributed by atoms with E-state index in [0.29, 0.717) is 31.7 Å². The summed E-state index contributed by atoms with van der Waals surface area (Å²) in [6.07, 6.45) is 7.79. The molecule has 0 aromatic heterocycles. The third-order valence-electron chi connectivity index (χ3n) is 4.60. The molecule has 2 fully saturated rings. The normalized spacial score (nSPS) is 31.7. The highest BCUT2D eigenvalue weighted by Crippen LogP contribution is 2.31. The van der Waals surface area contributed by atoms with Gasteiger partial charge in [0.05, 0.1) is 30.7 Å². The lowest BCUT2D eigenvalue weighted by Crippen LogP contribution is -2.33. The number of unbranched alkanes of at least 4 members (excludes halogenated alkanes) is 1. The zero-order chi connectivity index (χ0) is 15.2. The predicted molar refractivity (Wildman–Crippen MR) is 76.8 cm³/mol. The first-order valence-electron chi connectivity index (χ1n) is 8.18. The smallest absolute Gasteiger partial charge is 0.309 e. The van der Waals surface area contributed by atoms with Gasteiger partial charge in [-0.1, -0.05) is 19.8 Å². The van der Waals surface area contributed by atoms with E-state index in [1.165, 1.54) is 0 Å². The topological polar surface area (TPSA) is 76.1 Å². The Labute approximate surface area is 126 Å². The lowest BCUT2D eigenvalue weighted by molar-refractivity contribution is -0.159. The van der Waals surface area contributed by atoms with E-state index in [1.54, 1.807) is 0 Å². The zero-order valence-electron chi connectivity index (χ0n) is 12.8. The maximum absolute atomic E-state index is 12.0. The average Bonchev–Trinajstić information content (AvgIpc) is 3.25. The maximum atomic E-state index is 12.0. The van der Waals surface area contributed by atoms with Crippen LogP contribution in [0.1, 0.15) is 58.3 Å². The molecule has 0 bridgehead atoms. The van der Waals surface area contributed by atoms with Crippen LogP contribution in [0.2, 0.25) is 0 Å². The fourth-order valence-corrected chi connectivity index (χ4v) is 3.23. The molecule has 21 heavy (non-hydrogen) atoms. The van der Waals surface area contributed by atoms with Crippen LogP contribution in [0.4, 0.5) is 0 Å². The molecule has 5 nitrogen and oxygen atoms in total. The van der Waals surface area contributed by atoms with Crippen molar-refractivity contribution in [1.82, 2.24) is 0 Å². The van der Waals surface area contributed by atoms with E-state index in [0.717, 1.165) is 38.5 Å². The molecule has 2 aliphatic rings. The summed E-state index contributed by atoms with van der Waals surface area (Å²) < 4.78 is 10.7. The highest BCUT2D eigenvalue weighted by Gasteiger charge is 2.37. The number of esters is 1. The highest BCUT2D eigenvalue weighted by atomic mass is 16.6. The van der Waals surface area contributed by atoms with Gasteiger partial charge in [0, 0.05) is 0 Å². The first-order valence-corrected chi connectivity index (χ1v) is 8.18. The number of ether oxygens (including phenoxy) is 2. The number of hydrogen-bond donors (Lipinski definition) is 1. The largest absolute Gasteiger partial charge is 0.481 e. The van der Waals surface area contributed by atoms with Crippen molar-refractivity contribution in [2.45, 2.75) is 70.5 Å². The lowest BCUT2D eigenvalue weighted by atomic mass is 9.79. The zero-order valence-corrected chi connectivity index (χ0v) is 12.8. The Morgan fingerprint density at radius 1 is 1.14 bits per heavy atom. The number of epoxide rings is 1. The number of rotatable bonds is 8. The Morgan fingerprint density at radius 3 is 2.48 bits per heavy atom. The van der Waals surface area contributed by atoms with Crippen LogP contribution >= 0.6 is 0 Å². The van der Waals surface area contributed by atoms with Crippen molar-refractivity contribution < 1.29 is 24.2 Å². The second-order valence-electron chi connectivity index (χ2n) is 6.12. The second-order valence-corrected chi connectivity index (χ2v) is 6.12. The summed E-state index contributed by atoms with van der Waals surface area (Å²) in [5, 5.41) is 9.16. The summed E-state index contributed by atoms with van der Waals surface area (Å²) in [6, 6.07) is 0. The monoisotopic (exact) mass is 298 g/mol. The van der Waals surface area contributed by atoms with Crippen LogP contribution in [0.15, 0.2) is 0 Å². The van der Waals surface area contributed by atoms with Gasteiger partial charge in [-0.15, -0.1) is 0 Å². The molecule has 4 unspecified atom stereocenters. The Balaban J connectivity index is 1.61. The van der Waals surface area contributed by atoms with Crippen molar-refractivity contribution in [3.05, 3.63) is 0 Å². The second kappa shape index (κ2) is 7.78. The van der Waals surface area contributed by atoms with Crippen LogP contribution in [0, 0.1) is 11.8 Å². The van der Waals surface area contributed by atoms with Crippen LogP contribution in [-0.4, -0.2) is 35.9 Å². The summed E-state index contributed by atoms with van der Waals surface area (Å²) in [5.74, 6) is -2.20. The fourth-order valence-electron chi connectivity index (χ4n) is 3.23. The number of hydrogen-bond acceptors (Lipinski definition) is 4. The van der Waals surface area contributed by atoms with Crippen molar-refractivity contribution in [1.29, 1.82) is 0 Å². The molecular formula is C16H26O5. The quantitative estimate of drug-likeness (QED) is 0.423. The molecule has 1 saturated heterocycles. The highest BCUT2D eigenvalue weighted by molar-refractivity contribution is 5.81. The van der Waals surface area contributed by atoms with Gasteiger partial charge in [-0.05, 0) is 38.5 Å². The summed E-state index contributed by atoms with van der Waals surface area (Å²) in [6.45, 7) is 2.51. The van der Waals surface area contributed by atoms with Crippen molar-refractivity contribution in [3.63, 3.8) is 0 Å².